The van der Waals surface area contributed by atoms with Gasteiger partial charge in [-0.15, -0.1) is 0 Å². The smallest absolute Gasteiger partial charge is 0.351 e. The molecule has 146 valence electrons. The van der Waals surface area contributed by atoms with Crippen LogP contribution < -0.4 is 10.0 Å². The van der Waals surface area contributed by atoms with Gasteiger partial charge in [0.2, 0.25) is 0 Å². The molecule has 6 nitrogen and oxygen atoms in total. The molecule has 27 heavy (non-hydrogen) atoms. The maximum atomic E-state index is 9.04. The zero-order chi connectivity index (χ0) is 19.4. The fourth-order valence-electron chi connectivity index (χ4n) is 4.26. The average molecular weight is 393 g/mol. The molecule has 0 atom stereocenters. The number of carboxylic acids is 2. The first kappa shape index (κ1) is 19.7. The van der Waals surface area contributed by atoms with Crippen molar-refractivity contribution in [2.75, 3.05) is 19.6 Å². The van der Waals surface area contributed by atoms with Crippen molar-refractivity contribution < 1.29 is 24.7 Å². The van der Waals surface area contributed by atoms with E-state index in [0.29, 0.717) is 0 Å². The number of fused-ring (bicyclic) bond motifs is 3. The Morgan fingerprint density at radius 2 is 1.81 bits per heavy atom. The highest BCUT2D eigenvalue weighted by Crippen LogP contribution is 2.33. The summed E-state index contributed by atoms with van der Waals surface area (Å²) in [6.07, 6.45) is 7.97. The molecule has 2 heterocycles. The number of halogens is 1. The summed E-state index contributed by atoms with van der Waals surface area (Å²) in [4.78, 5) is 19.8. The highest BCUT2D eigenvalue weighted by Gasteiger charge is 2.22. The zero-order valence-corrected chi connectivity index (χ0v) is 16.1. The normalized spacial score (nSPS) is 16.6. The molecular weight excluding hydrogens is 368 g/mol. The Morgan fingerprint density at radius 3 is 2.48 bits per heavy atom. The van der Waals surface area contributed by atoms with Gasteiger partial charge in [0.25, 0.3) is 0 Å². The highest BCUT2D eigenvalue weighted by molar-refractivity contribution is 6.31. The van der Waals surface area contributed by atoms with Gasteiger partial charge in [-0.2, -0.15) is 0 Å². The summed E-state index contributed by atoms with van der Waals surface area (Å²) in [5.74, 6) is -4.01. The molecule has 0 saturated carbocycles. The van der Waals surface area contributed by atoms with Gasteiger partial charge in [-0.05, 0) is 49.4 Å². The molecular formula is C20H25ClN2O4. The number of carbonyl (C=O) groups is 2. The summed E-state index contributed by atoms with van der Waals surface area (Å²) < 4.78 is 2.60. The number of hydrogen-bond donors (Lipinski definition) is 2. The molecule has 2 aromatic rings. The number of hydrogen-bond acceptors (Lipinski definition) is 3. The van der Waals surface area contributed by atoms with Crippen molar-refractivity contribution in [3.63, 3.8) is 0 Å². The second-order valence-corrected chi connectivity index (χ2v) is 7.68. The Bertz CT molecular complexity index is 828. The largest absolute Gasteiger partial charge is 0.539 e. The van der Waals surface area contributed by atoms with E-state index in [9.17, 15) is 0 Å². The molecule has 1 aromatic carbocycles. The summed E-state index contributed by atoms with van der Waals surface area (Å²) in [6, 6.07) is 6.46. The van der Waals surface area contributed by atoms with E-state index in [2.05, 4.69) is 22.8 Å². The van der Waals surface area contributed by atoms with Crippen LogP contribution in [0.4, 0.5) is 0 Å². The maximum absolute atomic E-state index is 9.04. The fourth-order valence-corrected chi connectivity index (χ4v) is 4.43. The highest BCUT2D eigenvalue weighted by atomic mass is 35.5. The predicted molar refractivity (Wildman–Crippen MR) is 101 cm³/mol. The van der Waals surface area contributed by atoms with Gasteiger partial charge in [-0.25, -0.2) is 4.79 Å². The van der Waals surface area contributed by atoms with Crippen molar-refractivity contribution in [2.45, 2.75) is 45.1 Å². The van der Waals surface area contributed by atoms with Crippen molar-refractivity contribution in [3.05, 3.63) is 34.5 Å². The van der Waals surface area contributed by atoms with E-state index in [1.807, 2.05) is 0 Å². The second kappa shape index (κ2) is 8.76. The third-order valence-electron chi connectivity index (χ3n) is 5.51. The van der Waals surface area contributed by atoms with Crippen LogP contribution in [0.25, 0.3) is 10.9 Å². The minimum atomic E-state index is -2.07. The SMILES string of the molecule is Clc1ccc2c(c1)c1c(n2CC[NH+]2CCCC2)CCCC1.O=C([O-])C(=O)O. The van der Waals surface area contributed by atoms with Crippen LogP contribution in [-0.4, -0.2) is 41.2 Å². The minimum absolute atomic E-state index is 0.873. The Hall–Kier alpha value is -2.05. The molecule has 4 rings (SSSR count). The quantitative estimate of drug-likeness (QED) is 0.752. The van der Waals surface area contributed by atoms with Crippen LogP contribution in [0.2, 0.25) is 5.02 Å². The molecule has 1 aliphatic heterocycles. The first-order valence-corrected chi connectivity index (χ1v) is 9.92. The van der Waals surface area contributed by atoms with Gasteiger partial charge in [-0.1, -0.05) is 11.6 Å². The monoisotopic (exact) mass is 392 g/mol. The summed E-state index contributed by atoms with van der Waals surface area (Å²) >= 11 is 6.24. The van der Waals surface area contributed by atoms with Crippen LogP contribution in [0.1, 0.15) is 36.9 Å². The van der Waals surface area contributed by atoms with Gasteiger partial charge in [0.05, 0.1) is 26.2 Å². The van der Waals surface area contributed by atoms with E-state index >= 15 is 0 Å². The summed E-state index contributed by atoms with van der Waals surface area (Å²) in [7, 11) is 0. The Labute approximate surface area is 163 Å². The number of carboxylic acid groups (broad SMARTS) is 2. The molecule has 7 heteroatoms. The number of benzene rings is 1. The van der Waals surface area contributed by atoms with Gasteiger partial charge in [0.15, 0.2) is 5.97 Å². The van der Waals surface area contributed by atoms with Crippen LogP contribution in [0.5, 0.6) is 0 Å². The fraction of sp³-hybridized carbons (Fsp3) is 0.500. The van der Waals surface area contributed by atoms with Gasteiger partial charge in [0.1, 0.15) is 0 Å². The van der Waals surface area contributed by atoms with Crippen molar-refractivity contribution in [3.8, 4) is 0 Å². The lowest BCUT2D eigenvalue weighted by atomic mass is 9.95. The average Bonchev–Trinajstić information content (AvgIpc) is 3.26. The molecule has 0 bridgehead atoms. The van der Waals surface area contributed by atoms with Gasteiger partial charge >= 0.3 is 5.97 Å². The first-order valence-electron chi connectivity index (χ1n) is 9.54. The van der Waals surface area contributed by atoms with Crippen LogP contribution in [-0.2, 0) is 29.0 Å². The van der Waals surface area contributed by atoms with Crippen molar-refractivity contribution in [2.24, 2.45) is 0 Å². The van der Waals surface area contributed by atoms with E-state index in [-0.39, 0.29) is 0 Å². The first-order chi connectivity index (χ1) is 13.0. The summed E-state index contributed by atoms with van der Waals surface area (Å²) in [6.45, 7) is 5.18. The van der Waals surface area contributed by atoms with E-state index in [1.54, 1.807) is 16.2 Å². The molecule has 0 unspecified atom stereocenters. The molecule has 1 aliphatic carbocycles. The van der Waals surface area contributed by atoms with Crippen molar-refractivity contribution >= 4 is 34.4 Å². The third kappa shape index (κ3) is 4.62. The number of nitrogens with zero attached hydrogens (tertiary/aromatic N) is 1. The number of quaternary nitrogens is 1. The van der Waals surface area contributed by atoms with Crippen molar-refractivity contribution in [1.82, 2.24) is 4.57 Å². The minimum Gasteiger partial charge on any atom is -0.539 e. The van der Waals surface area contributed by atoms with E-state index in [0.717, 1.165) is 5.02 Å². The van der Waals surface area contributed by atoms with Crippen LogP contribution in [0.3, 0.4) is 0 Å². The number of carbonyl (C=O) groups excluding carboxylic acids is 1. The summed E-state index contributed by atoms with van der Waals surface area (Å²) in [5, 5.41) is 18.6. The molecule has 1 aromatic heterocycles. The molecule has 0 spiro atoms. The number of aromatic nitrogens is 1. The number of aryl methyl sites for hydroxylation is 1. The topological polar surface area (TPSA) is 86.8 Å². The molecule has 1 fully saturated rings. The predicted octanol–water partition coefficient (Wildman–Crippen LogP) is 0.673. The number of likely N-dealkylation sites (tertiary alicyclic amines) is 1. The molecule has 0 amide bonds. The molecule has 2 N–H and O–H groups in total. The Morgan fingerprint density at radius 1 is 1.15 bits per heavy atom. The molecule has 2 aliphatic rings. The second-order valence-electron chi connectivity index (χ2n) is 7.25. The van der Waals surface area contributed by atoms with E-state index in [4.69, 9.17) is 31.4 Å². The maximum Gasteiger partial charge on any atom is 0.351 e. The zero-order valence-electron chi connectivity index (χ0n) is 15.3. The number of nitrogens with one attached hydrogen (secondary N) is 1. The van der Waals surface area contributed by atoms with Gasteiger partial charge in [-0.3, -0.25) is 0 Å². The van der Waals surface area contributed by atoms with Gasteiger partial charge < -0.3 is 24.5 Å². The Balaban J connectivity index is 0.000000307. The van der Waals surface area contributed by atoms with Crippen molar-refractivity contribution in [1.29, 1.82) is 0 Å². The lowest BCUT2D eigenvalue weighted by Gasteiger charge is -2.18. The lowest BCUT2D eigenvalue weighted by molar-refractivity contribution is -0.888. The molecule has 0 radical (unpaired) electrons. The molecule has 1 saturated heterocycles. The lowest BCUT2D eigenvalue weighted by Crippen LogP contribution is -3.10. The number of aliphatic carboxylic acids is 2. The van der Waals surface area contributed by atoms with Crippen LogP contribution in [0.15, 0.2) is 18.2 Å². The number of rotatable bonds is 3. The summed E-state index contributed by atoms with van der Waals surface area (Å²) in [5.41, 5.74) is 4.58. The van der Waals surface area contributed by atoms with E-state index < -0.39 is 11.9 Å². The van der Waals surface area contributed by atoms with Crippen LogP contribution in [0, 0.1) is 0 Å². The van der Waals surface area contributed by atoms with E-state index in [1.165, 1.54) is 75.6 Å². The van der Waals surface area contributed by atoms with Gasteiger partial charge in [0, 0.05) is 34.5 Å². The standard InChI is InChI=1S/C18H23ClN2.C2H2O4/c19-14-7-8-18-16(13-14)15-5-1-2-6-17(15)21(18)12-11-20-9-3-4-10-20;3-1(4)2(5)6/h7-8,13H,1-6,9-12H2;(H,3,4)(H,5,6). The Kier molecular flexibility index (Phi) is 6.39. The van der Waals surface area contributed by atoms with Crippen LogP contribution >= 0.6 is 11.6 Å². The third-order valence-corrected chi connectivity index (χ3v) is 5.75.